The number of unbranched alkanes of at least 4 members (excludes halogenated alkanes) is 27. The average molecular weight is 891 g/mol. The van der Waals surface area contributed by atoms with E-state index in [4.69, 9.17) is 18.9 Å². The van der Waals surface area contributed by atoms with Crippen LogP contribution in [0.4, 0.5) is 0 Å². The second-order valence-electron chi connectivity index (χ2n) is 18.8. The Bertz CT molecular complexity index is 1130. The minimum atomic E-state index is -1.51. The lowest BCUT2D eigenvalue weighted by Crippen LogP contribution is -2.40. The molecular formula is C54H100NO8+. The Hall–Kier alpha value is -2.49. The number of nitrogens with zero attached hydrogens (tertiary/aromatic N) is 1. The quantitative estimate of drug-likeness (QED) is 0.0212. The third kappa shape index (κ3) is 47.3. The summed E-state index contributed by atoms with van der Waals surface area (Å²) in [6, 6.07) is 0. The molecule has 0 amide bonds. The van der Waals surface area contributed by atoms with Gasteiger partial charge < -0.3 is 28.5 Å². The van der Waals surface area contributed by atoms with Gasteiger partial charge in [0.15, 0.2) is 6.10 Å². The molecule has 0 aromatic heterocycles. The monoisotopic (exact) mass is 891 g/mol. The molecular weight excluding hydrogens is 791 g/mol. The fourth-order valence-corrected chi connectivity index (χ4v) is 7.27. The fourth-order valence-electron chi connectivity index (χ4n) is 7.27. The summed E-state index contributed by atoms with van der Waals surface area (Å²) in [4.78, 5) is 37.2. The van der Waals surface area contributed by atoms with E-state index < -0.39 is 24.3 Å². The first-order valence-corrected chi connectivity index (χ1v) is 26.2. The number of aliphatic carboxylic acids is 1. The van der Waals surface area contributed by atoms with E-state index in [0.717, 1.165) is 64.2 Å². The second-order valence-corrected chi connectivity index (χ2v) is 18.8. The number of carbonyl (C=O) groups is 3. The standard InChI is InChI=1S/C54H99NO8/c1-6-8-10-12-14-16-18-20-21-22-23-24-25-26-27-28-29-30-31-33-35-37-39-41-43-45-52(57)63-50(49-62-54(53(58)59)60-47-46-55(3,4)5)48-61-51(56)44-42-40-38-36-34-32-19-17-15-13-11-9-7-2/h17-20,22-23,50,54H,6-16,21,24-49H2,1-5H3/p+1/b19-17-,20-18-,23-22-. The minimum Gasteiger partial charge on any atom is -0.477 e. The Labute approximate surface area is 388 Å². The van der Waals surface area contributed by atoms with E-state index in [1.807, 2.05) is 21.1 Å². The molecule has 0 heterocycles. The van der Waals surface area contributed by atoms with Crippen LogP contribution in [0.5, 0.6) is 0 Å². The van der Waals surface area contributed by atoms with Crippen LogP contribution in [-0.2, 0) is 33.3 Å². The van der Waals surface area contributed by atoms with Crippen LogP contribution in [0.1, 0.15) is 232 Å². The van der Waals surface area contributed by atoms with Gasteiger partial charge in [0, 0.05) is 12.8 Å². The van der Waals surface area contributed by atoms with Crippen molar-refractivity contribution in [3.63, 3.8) is 0 Å². The summed E-state index contributed by atoms with van der Waals surface area (Å²) >= 11 is 0. The third-order valence-corrected chi connectivity index (χ3v) is 11.4. The highest BCUT2D eigenvalue weighted by molar-refractivity contribution is 5.71. The minimum absolute atomic E-state index is 0.185. The molecule has 2 atom stereocenters. The zero-order valence-corrected chi connectivity index (χ0v) is 41.7. The number of hydrogen-bond donors (Lipinski definition) is 1. The smallest absolute Gasteiger partial charge is 0.361 e. The summed E-state index contributed by atoms with van der Waals surface area (Å²) in [6.07, 6.45) is 50.7. The molecule has 0 bridgehead atoms. The normalized spacial score (nSPS) is 13.1. The summed E-state index contributed by atoms with van der Waals surface area (Å²) in [7, 11) is 5.96. The van der Waals surface area contributed by atoms with E-state index >= 15 is 0 Å². The molecule has 63 heavy (non-hydrogen) atoms. The van der Waals surface area contributed by atoms with Gasteiger partial charge in [-0.15, -0.1) is 0 Å². The van der Waals surface area contributed by atoms with Crippen molar-refractivity contribution < 1.29 is 42.9 Å². The topological polar surface area (TPSA) is 108 Å². The molecule has 0 aliphatic heterocycles. The number of hydrogen-bond acceptors (Lipinski definition) is 7. The Morgan fingerprint density at radius 1 is 0.476 bits per heavy atom. The average Bonchev–Trinajstić information content (AvgIpc) is 3.24. The van der Waals surface area contributed by atoms with Crippen LogP contribution in [0.15, 0.2) is 36.5 Å². The van der Waals surface area contributed by atoms with Crippen molar-refractivity contribution in [2.24, 2.45) is 0 Å². The maximum atomic E-state index is 12.8. The molecule has 0 radical (unpaired) electrons. The van der Waals surface area contributed by atoms with Crippen molar-refractivity contribution in [1.29, 1.82) is 0 Å². The maximum absolute atomic E-state index is 12.8. The molecule has 0 aromatic rings. The summed E-state index contributed by atoms with van der Waals surface area (Å²) in [5.74, 6) is -2.01. The number of esters is 2. The van der Waals surface area contributed by atoms with Crippen molar-refractivity contribution in [1.82, 2.24) is 0 Å². The largest absolute Gasteiger partial charge is 0.477 e. The predicted octanol–water partition coefficient (Wildman–Crippen LogP) is 14.6. The van der Waals surface area contributed by atoms with Gasteiger partial charge in [0.2, 0.25) is 0 Å². The summed E-state index contributed by atoms with van der Waals surface area (Å²) in [5.41, 5.74) is 0. The van der Waals surface area contributed by atoms with Crippen LogP contribution in [-0.4, -0.2) is 87.4 Å². The molecule has 9 nitrogen and oxygen atoms in total. The van der Waals surface area contributed by atoms with Gasteiger partial charge in [-0.1, -0.05) is 185 Å². The number of carbonyl (C=O) groups excluding carboxylic acids is 2. The summed E-state index contributed by atoms with van der Waals surface area (Å²) in [5, 5.41) is 9.66. The zero-order chi connectivity index (χ0) is 46.3. The molecule has 0 spiro atoms. The SMILES string of the molecule is CCCCCC/C=C\CCCCCCCC(=O)OCC(COC(OCC[N+](C)(C)C)C(=O)O)OC(=O)CCCCCCCCCCCCCCC/C=C\C/C=C\CCCCCCC. The van der Waals surface area contributed by atoms with Gasteiger partial charge in [0.1, 0.15) is 13.2 Å². The number of carboxylic acid groups (broad SMARTS) is 1. The molecule has 0 rings (SSSR count). The van der Waals surface area contributed by atoms with Crippen LogP contribution >= 0.6 is 0 Å². The molecule has 1 N–H and O–H groups in total. The Kier molecular flexibility index (Phi) is 44.2. The van der Waals surface area contributed by atoms with E-state index in [-0.39, 0.29) is 32.2 Å². The van der Waals surface area contributed by atoms with Gasteiger partial charge >= 0.3 is 17.9 Å². The Morgan fingerprint density at radius 2 is 0.857 bits per heavy atom. The first-order valence-electron chi connectivity index (χ1n) is 26.2. The van der Waals surface area contributed by atoms with Crippen molar-refractivity contribution in [2.45, 2.75) is 245 Å². The lowest BCUT2D eigenvalue weighted by molar-refractivity contribution is -0.870. The summed E-state index contributed by atoms with van der Waals surface area (Å²) < 4.78 is 22.8. The van der Waals surface area contributed by atoms with Crippen LogP contribution in [0.3, 0.4) is 0 Å². The summed E-state index contributed by atoms with van der Waals surface area (Å²) in [6.45, 7) is 4.85. The number of carboxylic acids is 1. The van der Waals surface area contributed by atoms with Crippen molar-refractivity contribution in [3.8, 4) is 0 Å². The fraction of sp³-hybridized carbons (Fsp3) is 0.833. The molecule has 2 unspecified atom stereocenters. The molecule has 0 saturated heterocycles. The van der Waals surface area contributed by atoms with Gasteiger partial charge in [0.25, 0.3) is 6.29 Å². The number of allylic oxidation sites excluding steroid dienone is 6. The molecule has 0 aliphatic rings. The van der Waals surface area contributed by atoms with Crippen LogP contribution in [0.25, 0.3) is 0 Å². The first kappa shape index (κ1) is 60.5. The predicted molar refractivity (Wildman–Crippen MR) is 263 cm³/mol. The second kappa shape index (κ2) is 46.1. The van der Waals surface area contributed by atoms with Crippen LogP contribution < -0.4 is 0 Å². The van der Waals surface area contributed by atoms with Crippen LogP contribution in [0.2, 0.25) is 0 Å². The number of quaternary nitrogens is 1. The van der Waals surface area contributed by atoms with E-state index in [1.165, 1.54) is 141 Å². The van der Waals surface area contributed by atoms with E-state index in [1.54, 1.807) is 0 Å². The van der Waals surface area contributed by atoms with Crippen molar-refractivity contribution in [2.75, 3.05) is 47.5 Å². The van der Waals surface area contributed by atoms with E-state index in [0.29, 0.717) is 17.4 Å². The number of likely N-dealkylation sites (N-methyl/N-ethyl adjacent to an activating group) is 1. The zero-order valence-electron chi connectivity index (χ0n) is 41.7. The van der Waals surface area contributed by atoms with E-state index in [2.05, 4.69) is 50.3 Å². The van der Waals surface area contributed by atoms with Gasteiger partial charge in [-0.3, -0.25) is 9.59 Å². The third-order valence-electron chi connectivity index (χ3n) is 11.4. The Balaban J connectivity index is 4.25. The highest BCUT2D eigenvalue weighted by Crippen LogP contribution is 2.15. The maximum Gasteiger partial charge on any atom is 0.361 e. The molecule has 0 fully saturated rings. The van der Waals surface area contributed by atoms with Crippen LogP contribution in [0, 0.1) is 0 Å². The van der Waals surface area contributed by atoms with Gasteiger partial charge in [-0.25, -0.2) is 4.79 Å². The van der Waals surface area contributed by atoms with E-state index in [9.17, 15) is 19.5 Å². The lowest BCUT2D eigenvalue weighted by atomic mass is 10.0. The number of ether oxygens (including phenoxy) is 4. The molecule has 0 saturated carbocycles. The van der Waals surface area contributed by atoms with Gasteiger partial charge in [-0.2, -0.15) is 0 Å². The molecule has 368 valence electrons. The highest BCUT2D eigenvalue weighted by Gasteiger charge is 2.25. The van der Waals surface area contributed by atoms with Crippen molar-refractivity contribution in [3.05, 3.63) is 36.5 Å². The van der Waals surface area contributed by atoms with Gasteiger partial charge in [-0.05, 0) is 70.6 Å². The molecule has 0 aromatic carbocycles. The number of rotatable bonds is 48. The molecule has 0 aliphatic carbocycles. The Morgan fingerprint density at radius 3 is 1.29 bits per heavy atom. The molecule has 9 heteroatoms. The lowest BCUT2D eigenvalue weighted by Gasteiger charge is -2.25. The van der Waals surface area contributed by atoms with Crippen molar-refractivity contribution >= 4 is 17.9 Å². The highest BCUT2D eigenvalue weighted by atomic mass is 16.7. The first-order chi connectivity index (χ1) is 30.6. The van der Waals surface area contributed by atoms with Gasteiger partial charge in [0.05, 0.1) is 34.4 Å².